The van der Waals surface area contributed by atoms with Gasteiger partial charge in [-0.05, 0) is 0 Å². The van der Waals surface area contributed by atoms with E-state index in [1.165, 1.54) is 11.1 Å². The summed E-state index contributed by atoms with van der Waals surface area (Å²) in [6.45, 7) is 9.15. The van der Waals surface area contributed by atoms with Gasteiger partial charge in [0.25, 0.3) is 0 Å². The van der Waals surface area contributed by atoms with Crippen molar-refractivity contribution in [2.75, 3.05) is 0 Å². The van der Waals surface area contributed by atoms with Gasteiger partial charge in [-0.3, -0.25) is 0 Å². The van der Waals surface area contributed by atoms with Crippen LogP contribution in [0.1, 0.15) is 49.9 Å². The van der Waals surface area contributed by atoms with Crippen LogP contribution in [-0.4, -0.2) is 30.9 Å². The molecule has 0 bridgehead atoms. The number of nitrogens with two attached hydrogens (primary N) is 1. The van der Waals surface area contributed by atoms with Gasteiger partial charge in [0, 0.05) is 0 Å². The number of phenols is 1. The molecular weight excluding hydrogens is 465 g/mol. The molecule has 0 heterocycles. The fraction of sp³-hybridized carbons (Fsp3) is 0.368. The van der Waals surface area contributed by atoms with E-state index in [1.807, 2.05) is 18.2 Å². The van der Waals surface area contributed by atoms with Gasteiger partial charge < -0.3 is 0 Å². The van der Waals surface area contributed by atoms with E-state index < -0.39 is 0 Å². The molecule has 2 aromatic rings. The van der Waals surface area contributed by atoms with Crippen molar-refractivity contribution in [1.29, 1.82) is 0 Å². The molecule has 0 saturated heterocycles. The molecule has 0 aromatic heterocycles. The predicted octanol–water partition coefficient (Wildman–Crippen LogP) is 3.58. The topological polar surface area (TPSA) is 46.2 Å². The van der Waals surface area contributed by atoms with Crippen molar-refractivity contribution < 1.29 is 5.11 Å². The third-order valence-corrected chi connectivity index (χ3v) is 5.42. The molecule has 3 N–H and O–H groups in total. The van der Waals surface area contributed by atoms with Crippen molar-refractivity contribution in [2.24, 2.45) is 5.73 Å². The molecule has 0 spiro atoms. The standard InChI is InChI=1S/C19H24NO.Pb/c1-13(2)14-10-15(12-20)18(21)17(11-14)19(3,4)16-8-6-5-7-9-16;/h5-11,21H,12,20H2,1-4H3;. The zero-order chi connectivity index (χ0) is 16.5. The maximum absolute atomic E-state index is 10.7. The molecule has 0 aliphatic heterocycles. The van der Waals surface area contributed by atoms with Gasteiger partial charge in [-0.2, -0.15) is 0 Å². The number of rotatable bonds is 4. The number of hydrogen-bond donors (Lipinski definition) is 2. The monoisotopic (exact) mass is 490 g/mol. The van der Waals surface area contributed by atoms with Crippen molar-refractivity contribution in [3.63, 3.8) is 0 Å². The molecule has 0 amide bonds. The molecule has 22 heavy (non-hydrogen) atoms. The SMILES string of the molecule is C[C](C)([Pb])c1cc(CN)c(O)c(C(C)(C)c2ccccc2)c1. The van der Waals surface area contributed by atoms with Gasteiger partial charge in [-0.25, -0.2) is 0 Å². The van der Waals surface area contributed by atoms with E-state index >= 15 is 0 Å². The quantitative estimate of drug-likeness (QED) is 0.645. The Morgan fingerprint density at radius 1 is 1.00 bits per heavy atom. The van der Waals surface area contributed by atoms with E-state index in [0.29, 0.717) is 12.3 Å². The van der Waals surface area contributed by atoms with Crippen LogP contribution in [0.3, 0.4) is 0 Å². The van der Waals surface area contributed by atoms with E-state index in [1.54, 1.807) is 0 Å². The molecule has 3 radical (unpaired) electrons. The molecular formula is C19H24NOPb. The van der Waals surface area contributed by atoms with Gasteiger partial charge in [0.2, 0.25) is 0 Å². The fourth-order valence-corrected chi connectivity index (χ4v) is 3.26. The van der Waals surface area contributed by atoms with Crippen LogP contribution in [-0.2, 0) is 14.9 Å². The average Bonchev–Trinajstić information content (AvgIpc) is 2.47. The van der Waals surface area contributed by atoms with Gasteiger partial charge in [-0.15, -0.1) is 0 Å². The molecule has 0 unspecified atom stereocenters. The van der Waals surface area contributed by atoms with Gasteiger partial charge in [0.05, 0.1) is 0 Å². The van der Waals surface area contributed by atoms with Gasteiger partial charge >= 0.3 is 150 Å². The summed E-state index contributed by atoms with van der Waals surface area (Å²) in [5.41, 5.74) is 9.84. The Morgan fingerprint density at radius 3 is 2.09 bits per heavy atom. The van der Waals surface area contributed by atoms with Crippen LogP contribution in [0.2, 0.25) is 0 Å². The maximum atomic E-state index is 10.7. The Labute approximate surface area is 149 Å². The Morgan fingerprint density at radius 2 is 1.59 bits per heavy atom. The molecule has 0 aliphatic rings. The first-order valence-electron chi connectivity index (χ1n) is 7.55. The van der Waals surface area contributed by atoms with Crippen molar-refractivity contribution in [2.45, 2.75) is 42.6 Å². The summed E-state index contributed by atoms with van der Waals surface area (Å²) in [5.74, 6) is 0.339. The summed E-state index contributed by atoms with van der Waals surface area (Å²) in [5, 5.41) is 10.7. The number of hydrogen-bond acceptors (Lipinski definition) is 2. The van der Waals surface area contributed by atoms with Crippen molar-refractivity contribution in [1.82, 2.24) is 0 Å². The second kappa shape index (κ2) is 6.32. The van der Waals surface area contributed by atoms with Gasteiger partial charge in [0.15, 0.2) is 0 Å². The third-order valence-electron chi connectivity index (χ3n) is 4.30. The Balaban J connectivity index is 2.68. The van der Waals surface area contributed by atoms with Crippen LogP contribution < -0.4 is 5.73 Å². The van der Waals surface area contributed by atoms with Crippen molar-refractivity contribution in [3.8, 4) is 5.75 Å². The number of phenolic OH excluding ortho intramolecular Hbond substituents is 1. The van der Waals surface area contributed by atoms with Crippen LogP contribution in [0.25, 0.3) is 0 Å². The molecule has 115 valence electrons. The first kappa shape index (κ1) is 17.5. The Kier molecular flexibility index (Phi) is 5.02. The fourth-order valence-electron chi connectivity index (χ4n) is 2.70. The molecule has 0 atom stereocenters. The van der Waals surface area contributed by atoms with Crippen LogP contribution in [0, 0.1) is 0 Å². The minimum absolute atomic E-state index is 0.152. The van der Waals surface area contributed by atoms with E-state index in [4.69, 9.17) is 5.73 Å². The number of benzene rings is 2. The van der Waals surface area contributed by atoms with E-state index in [-0.39, 0.29) is 8.39 Å². The zero-order valence-corrected chi connectivity index (χ0v) is 17.7. The molecule has 2 rings (SSSR count). The summed E-state index contributed by atoms with van der Waals surface area (Å²) in [6, 6.07) is 14.5. The summed E-state index contributed by atoms with van der Waals surface area (Å²) >= 11 is 1.05. The van der Waals surface area contributed by atoms with Crippen LogP contribution >= 0.6 is 0 Å². The van der Waals surface area contributed by atoms with E-state index in [2.05, 4.69) is 52.0 Å². The van der Waals surface area contributed by atoms with E-state index in [0.717, 1.165) is 36.9 Å². The Hall–Kier alpha value is -0.878. The van der Waals surface area contributed by atoms with E-state index in [9.17, 15) is 5.11 Å². The first-order chi connectivity index (χ1) is 10.2. The van der Waals surface area contributed by atoms with Crippen molar-refractivity contribution in [3.05, 3.63) is 64.7 Å². The van der Waals surface area contributed by atoms with Crippen molar-refractivity contribution >= 4 is 25.8 Å². The van der Waals surface area contributed by atoms with Crippen LogP contribution in [0.4, 0.5) is 0 Å². The first-order valence-corrected chi connectivity index (χ1v) is 9.49. The summed E-state index contributed by atoms with van der Waals surface area (Å²) in [6.07, 6.45) is 0. The second-order valence-corrected chi connectivity index (χ2v) is 11.7. The molecule has 2 nitrogen and oxygen atoms in total. The van der Waals surface area contributed by atoms with Crippen LogP contribution in [0.15, 0.2) is 42.5 Å². The normalized spacial score (nSPS) is 12.5. The molecule has 0 aliphatic carbocycles. The van der Waals surface area contributed by atoms with Crippen LogP contribution in [0.5, 0.6) is 5.75 Å². The zero-order valence-electron chi connectivity index (χ0n) is 13.8. The summed E-state index contributed by atoms with van der Waals surface area (Å²) in [7, 11) is 0. The third kappa shape index (κ3) is 3.38. The van der Waals surface area contributed by atoms with Gasteiger partial charge in [0.1, 0.15) is 0 Å². The molecule has 2 aromatic carbocycles. The second-order valence-electron chi connectivity index (χ2n) is 6.85. The Bertz CT molecular complexity index is 657. The molecule has 3 heteroatoms. The molecule has 0 fully saturated rings. The predicted molar refractivity (Wildman–Crippen MR) is 93.3 cm³/mol. The summed E-state index contributed by atoms with van der Waals surface area (Å²) < 4.78 is 0.152. The molecule has 0 saturated carbocycles. The van der Waals surface area contributed by atoms with Gasteiger partial charge in [-0.1, -0.05) is 0 Å². The average molecular weight is 490 g/mol. The minimum atomic E-state index is -0.266. The number of aromatic hydroxyl groups is 1. The summed E-state index contributed by atoms with van der Waals surface area (Å²) in [4.78, 5) is 0.